The van der Waals surface area contributed by atoms with Gasteiger partial charge in [-0.2, -0.15) is 0 Å². The lowest BCUT2D eigenvalue weighted by molar-refractivity contribution is -0.127. The average molecular weight is 302 g/mol. The molecular formula is C19H30N2O. The van der Waals surface area contributed by atoms with Crippen molar-refractivity contribution < 1.29 is 4.79 Å². The van der Waals surface area contributed by atoms with Crippen molar-refractivity contribution in [2.45, 2.75) is 59.0 Å². The highest BCUT2D eigenvalue weighted by atomic mass is 16.1. The van der Waals surface area contributed by atoms with Crippen LogP contribution in [0.1, 0.15) is 50.7 Å². The fourth-order valence-corrected chi connectivity index (χ4v) is 3.29. The van der Waals surface area contributed by atoms with Crippen LogP contribution in [0.2, 0.25) is 0 Å². The monoisotopic (exact) mass is 302 g/mol. The van der Waals surface area contributed by atoms with Gasteiger partial charge in [0, 0.05) is 18.5 Å². The average Bonchev–Trinajstić information content (AvgIpc) is 2.48. The number of rotatable bonds is 6. The smallest absolute Gasteiger partial charge is 0.223 e. The molecule has 0 saturated carbocycles. The molecule has 1 amide bonds. The number of carbonyl (C=O) groups excluding carboxylic acids is 1. The van der Waals surface area contributed by atoms with Crippen molar-refractivity contribution in [3.63, 3.8) is 0 Å². The van der Waals surface area contributed by atoms with E-state index in [0.29, 0.717) is 6.04 Å². The van der Waals surface area contributed by atoms with Gasteiger partial charge >= 0.3 is 0 Å². The molecule has 3 heteroatoms. The van der Waals surface area contributed by atoms with Crippen LogP contribution in [0.3, 0.4) is 0 Å². The summed E-state index contributed by atoms with van der Waals surface area (Å²) in [6, 6.07) is 9.02. The van der Waals surface area contributed by atoms with Crippen molar-refractivity contribution >= 4 is 5.91 Å². The van der Waals surface area contributed by atoms with Crippen molar-refractivity contribution in [2.24, 2.45) is 5.92 Å². The first-order chi connectivity index (χ1) is 10.6. The third kappa shape index (κ3) is 5.13. The molecule has 22 heavy (non-hydrogen) atoms. The largest absolute Gasteiger partial charge is 0.353 e. The third-order valence-corrected chi connectivity index (χ3v) is 4.56. The Morgan fingerprint density at radius 1 is 1.36 bits per heavy atom. The Labute approximate surface area is 135 Å². The fourth-order valence-electron chi connectivity index (χ4n) is 3.29. The predicted octanol–water partition coefficient (Wildman–Crippen LogP) is 3.51. The van der Waals surface area contributed by atoms with Crippen LogP contribution in [-0.2, 0) is 11.3 Å². The van der Waals surface area contributed by atoms with Crippen LogP contribution in [0.25, 0.3) is 0 Å². The summed E-state index contributed by atoms with van der Waals surface area (Å²) in [7, 11) is 0. The molecule has 1 aliphatic rings. The first kappa shape index (κ1) is 17.0. The van der Waals surface area contributed by atoms with E-state index in [2.05, 4.69) is 55.3 Å². The Morgan fingerprint density at radius 2 is 2.09 bits per heavy atom. The minimum atomic E-state index is 0.202. The van der Waals surface area contributed by atoms with E-state index in [-0.39, 0.29) is 11.8 Å². The first-order valence-corrected chi connectivity index (χ1v) is 8.66. The lowest BCUT2D eigenvalue weighted by atomic mass is 9.95. The van der Waals surface area contributed by atoms with E-state index < -0.39 is 0 Å². The number of carbonyl (C=O) groups is 1. The van der Waals surface area contributed by atoms with Gasteiger partial charge in [0.25, 0.3) is 0 Å². The highest BCUT2D eigenvalue weighted by Gasteiger charge is 2.25. The second kappa shape index (κ2) is 8.33. The Morgan fingerprint density at radius 3 is 2.73 bits per heavy atom. The molecule has 1 saturated heterocycles. The molecule has 3 nitrogen and oxygen atoms in total. The zero-order valence-electron chi connectivity index (χ0n) is 14.3. The van der Waals surface area contributed by atoms with Gasteiger partial charge in [-0.3, -0.25) is 9.69 Å². The number of nitrogens with zero attached hydrogens (tertiary/aromatic N) is 1. The SMILES string of the molecule is CCC[C@H](C)NC(=O)C1CCN(Cc2cccc(C)c2)CC1. The molecule has 0 aromatic heterocycles. The quantitative estimate of drug-likeness (QED) is 0.872. The topological polar surface area (TPSA) is 32.3 Å². The number of aryl methyl sites for hydroxylation is 1. The van der Waals surface area contributed by atoms with Gasteiger partial charge in [0.2, 0.25) is 5.91 Å². The molecule has 1 aromatic carbocycles. The number of likely N-dealkylation sites (tertiary alicyclic amines) is 1. The van der Waals surface area contributed by atoms with Gasteiger partial charge in [0.05, 0.1) is 0 Å². The minimum absolute atomic E-state index is 0.202. The van der Waals surface area contributed by atoms with Crippen molar-refractivity contribution in [3.8, 4) is 0 Å². The standard InChI is InChI=1S/C19H30N2O/c1-4-6-16(3)20-19(22)18-9-11-21(12-10-18)14-17-8-5-7-15(2)13-17/h5,7-8,13,16,18H,4,6,9-12,14H2,1-3H3,(H,20,22)/t16-/m0/s1. The van der Waals surface area contributed by atoms with Crippen molar-refractivity contribution in [1.29, 1.82) is 0 Å². The molecule has 2 rings (SSSR count). The maximum atomic E-state index is 12.3. The van der Waals surface area contributed by atoms with Crippen molar-refractivity contribution in [3.05, 3.63) is 35.4 Å². The number of benzene rings is 1. The molecule has 122 valence electrons. The van der Waals surface area contributed by atoms with E-state index in [1.165, 1.54) is 11.1 Å². The van der Waals surface area contributed by atoms with Gasteiger partial charge in [-0.25, -0.2) is 0 Å². The van der Waals surface area contributed by atoms with Gasteiger partial charge in [-0.05, 0) is 51.8 Å². The second-order valence-corrected chi connectivity index (χ2v) is 6.74. The van der Waals surface area contributed by atoms with Crippen LogP contribution < -0.4 is 5.32 Å². The highest BCUT2D eigenvalue weighted by Crippen LogP contribution is 2.20. The summed E-state index contributed by atoms with van der Waals surface area (Å²) in [6.45, 7) is 9.45. The van der Waals surface area contributed by atoms with Crippen LogP contribution in [0.5, 0.6) is 0 Å². The molecule has 1 atom stereocenters. The number of piperidine rings is 1. The molecule has 0 aliphatic carbocycles. The van der Waals surface area contributed by atoms with E-state index >= 15 is 0 Å². The molecule has 0 bridgehead atoms. The molecule has 1 aromatic rings. The molecule has 0 radical (unpaired) electrons. The molecule has 0 spiro atoms. The molecule has 0 unspecified atom stereocenters. The number of hydrogen-bond acceptors (Lipinski definition) is 2. The van der Waals surface area contributed by atoms with E-state index in [9.17, 15) is 4.79 Å². The summed E-state index contributed by atoms with van der Waals surface area (Å²) in [6.07, 6.45) is 4.15. The summed E-state index contributed by atoms with van der Waals surface area (Å²) in [5.74, 6) is 0.462. The van der Waals surface area contributed by atoms with Gasteiger partial charge in [-0.15, -0.1) is 0 Å². The fraction of sp³-hybridized carbons (Fsp3) is 0.632. The van der Waals surface area contributed by atoms with Gasteiger partial charge in [-0.1, -0.05) is 43.2 Å². The number of nitrogens with one attached hydrogen (secondary N) is 1. The first-order valence-electron chi connectivity index (χ1n) is 8.66. The zero-order valence-corrected chi connectivity index (χ0v) is 14.3. The highest BCUT2D eigenvalue weighted by molar-refractivity contribution is 5.79. The van der Waals surface area contributed by atoms with Crippen LogP contribution in [0, 0.1) is 12.8 Å². The normalized spacial score (nSPS) is 18.1. The van der Waals surface area contributed by atoms with Crippen LogP contribution in [0.15, 0.2) is 24.3 Å². The summed E-state index contributed by atoms with van der Waals surface area (Å²) < 4.78 is 0. The summed E-state index contributed by atoms with van der Waals surface area (Å²) >= 11 is 0. The van der Waals surface area contributed by atoms with Crippen molar-refractivity contribution in [2.75, 3.05) is 13.1 Å². The van der Waals surface area contributed by atoms with Crippen LogP contribution in [-0.4, -0.2) is 29.9 Å². The second-order valence-electron chi connectivity index (χ2n) is 6.74. The lowest BCUT2D eigenvalue weighted by Gasteiger charge is -2.32. The Hall–Kier alpha value is -1.35. The molecule has 1 aliphatic heterocycles. The third-order valence-electron chi connectivity index (χ3n) is 4.56. The molecular weight excluding hydrogens is 272 g/mol. The van der Waals surface area contributed by atoms with Gasteiger partial charge in [0.1, 0.15) is 0 Å². The minimum Gasteiger partial charge on any atom is -0.353 e. The zero-order chi connectivity index (χ0) is 15.9. The molecule has 1 N–H and O–H groups in total. The Bertz CT molecular complexity index is 478. The number of hydrogen-bond donors (Lipinski definition) is 1. The predicted molar refractivity (Wildman–Crippen MR) is 91.7 cm³/mol. The summed E-state index contributed by atoms with van der Waals surface area (Å²) in [4.78, 5) is 14.7. The summed E-state index contributed by atoms with van der Waals surface area (Å²) in [5, 5.41) is 3.17. The van der Waals surface area contributed by atoms with Crippen LogP contribution in [0.4, 0.5) is 0 Å². The maximum Gasteiger partial charge on any atom is 0.223 e. The maximum absolute atomic E-state index is 12.3. The lowest BCUT2D eigenvalue weighted by Crippen LogP contribution is -2.42. The molecule has 1 fully saturated rings. The van der Waals surface area contributed by atoms with E-state index in [1.807, 2.05) is 0 Å². The molecule has 1 heterocycles. The van der Waals surface area contributed by atoms with Gasteiger partial charge < -0.3 is 5.32 Å². The Kier molecular flexibility index (Phi) is 6.44. The van der Waals surface area contributed by atoms with Crippen molar-refractivity contribution in [1.82, 2.24) is 10.2 Å². The van der Waals surface area contributed by atoms with E-state index in [0.717, 1.165) is 45.3 Å². The number of amides is 1. The van der Waals surface area contributed by atoms with Crippen LogP contribution >= 0.6 is 0 Å². The summed E-state index contributed by atoms with van der Waals surface area (Å²) in [5.41, 5.74) is 2.69. The Balaban J connectivity index is 1.76. The van der Waals surface area contributed by atoms with E-state index in [4.69, 9.17) is 0 Å². The van der Waals surface area contributed by atoms with Gasteiger partial charge in [0.15, 0.2) is 0 Å². The van der Waals surface area contributed by atoms with E-state index in [1.54, 1.807) is 0 Å².